The Morgan fingerprint density at radius 1 is 1.09 bits per heavy atom. The highest BCUT2D eigenvalue weighted by molar-refractivity contribution is 7.09. The van der Waals surface area contributed by atoms with Crippen molar-refractivity contribution in [2.75, 3.05) is 17.2 Å². The van der Waals surface area contributed by atoms with Crippen LogP contribution < -0.4 is 15.4 Å². The fourth-order valence-electron chi connectivity index (χ4n) is 3.29. The van der Waals surface area contributed by atoms with Crippen LogP contribution in [0.15, 0.2) is 53.9 Å². The molecule has 1 fully saturated rings. The molecule has 2 aromatic carbocycles. The summed E-state index contributed by atoms with van der Waals surface area (Å²) < 4.78 is 11.1. The van der Waals surface area contributed by atoms with Crippen molar-refractivity contribution in [2.45, 2.75) is 38.9 Å². The van der Waals surface area contributed by atoms with Crippen molar-refractivity contribution in [3.8, 4) is 5.75 Å². The number of nitrogens with zero attached hydrogens (tertiary/aromatic N) is 1. The van der Waals surface area contributed by atoms with E-state index in [9.17, 15) is 9.59 Å². The fraction of sp³-hybridized carbons (Fsp3) is 0.292. The molecule has 0 saturated carbocycles. The zero-order valence-corrected chi connectivity index (χ0v) is 18.6. The molecule has 2 N–H and O–H groups in total. The maximum absolute atomic E-state index is 12.4. The molecular formula is C24H25N3O4S. The molecule has 1 saturated heterocycles. The van der Waals surface area contributed by atoms with Gasteiger partial charge in [-0.05, 0) is 56.2 Å². The Bertz CT molecular complexity index is 1060. The largest absolute Gasteiger partial charge is 0.486 e. The average molecular weight is 452 g/mol. The number of amides is 2. The van der Waals surface area contributed by atoms with Gasteiger partial charge in [0.05, 0.1) is 12.1 Å². The minimum atomic E-state index is -0.375. The Hall–Kier alpha value is -3.23. The number of anilines is 2. The zero-order chi connectivity index (χ0) is 22.3. The zero-order valence-electron chi connectivity index (χ0n) is 17.8. The standard InChI is InChI=1S/C24H25N3O4S/c1-16-4-10-20(11-5-16)31-14-23-26-19(15-32-23)13-22(28)25-17-6-8-18(9-7-17)27-24(29)21-3-2-12-30-21/h4-11,15,21H,2-3,12-14H2,1H3,(H,25,28)(H,27,29). The van der Waals surface area contributed by atoms with Gasteiger partial charge >= 0.3 is 0 Å². The van der Waals surface area contributed by atoms with Gasteiger partial charge in [0.1, 0.15) is 23.5 Å². The van der Waals surface area contributed by atoms with E-state index in [2.05, 4.69) is 15.6 Å². The molecule has 0 bridgehead atoms. The van der Waals surface area contributed by atoms with E-state index < -0.39 is 0 Å². The molecule has 3 aromatic rings. The topological polar surface area (TPSA) is 89.5 Å². The first kappa shape index (κ1) is 22.0. The molecule has 1 unspecified atom stereocenters. The van der Waals surface area contributed by atoms with Gasteiger partial charge in [-0.1, -0.05) is 17.7 Å². The average Bonchev–Trinajstić information content (AvgIpc) is 3.47. The van der Waals surface area contributed by atoms with Crippen molar-refractivity contribution in [3.05, 3.63) is 70.2 Å². The van der Waals surface area contributed by atoms with Crippen LogP contribution in [0.4, 0.5) is 11.4 Å². The third-order valence-corrected chi connectivity index (χ3v) is 5.85. The van der Waals surface area contributed by atoms with Crippen LogP contribution in [0.25, 0.3) is 0 Å². The lowest BCUT2D eigenvalue weighted by Crippen LogP contribution is -2.26. The van der Waals surface area contributed by atoms with Gasteiger partial charge in [0.15, 0.2) is 0 Å². The number of hydrogen-bond acceptors (Lipinski definition) is 6. The van der Waals surface area contributed by atoms with E-state index in [-0.39, 0.29) is 24.3 Å². The van der Waals surface area contributed by atoms with Gasteiger partial charge in [0.25, 0.3) is 5.91 Å². The van der Waals surface area contributed by atoms with Crippen molar-refractivity contribution in [2.24, 2.45) is 0 Å². The number of hydrogen-bond donors (Lipinski definition) is 2. The Kier molecular flexibility index (Phi) is 7.14. The van der Waals surface area contributed by atoms with Crippen LogP contribution >= 0.6 is 11.3 Å². The van der Waals surface area contributed by atoms with Crippen LogP contribution in [0.3, 0.4) is 0 Å². The Morgan fingerprint density at radius 3 is 2.50 bits per heavy atom. The Balaban J connectivity index is 1.23. The second kappa shape index (κ2) is 10.4. The number of ether oxygens (including phenoxy) is 2. The number of thiazole rings is 1. The van der Waals surface area contributed by atoms with Crippen LogP contribution in [0.2, 0.25) is 0 Å². The third kappa shape index (κ3) is 6.15. The summed E-state index contributed by atoms with van der Waals surface area (Å²) in [7, 11) is 0. The SMILES string of the molecule is Cc1ccc(OCc2nc(CC(=O)Nc3ccc(NC(=O)C4CCCO4)cc3)cs2)cc1. The first-order valence-electron chi connectivity index (χ1n) is 10.5. The molecule has 166 valence electrons. The van der Waals surface area contributed by atoms with Gasteiger partial charge in [-0.15, -0.1) is 11.3 Å². The summed E-state index contributed by atoms with van der Waals surface area (Å²) in [5.74, 6) is 0.503. The smallest absolute Gasteiger partial charge is 0.253 e. The molecule has 0 spiro atoms. The summed E-state index contributed by atoms with van der Waals surface area (Å²) in [4.78, 5) is 29.0. The second-order valence-corrected chi connectivity index (χ2v) is 8.57. The predicted octanol–water partition coefficient (Wildman–Crippen LogP) is 4.33. The van der Waals surface area contributed by atoms with Crippen LogP contribution in [0, 0.1) is 6.92 Å². The monoisotopic (exact) mass is 451 g/mol. The highest BCUT2D eigenvalue weighted by Gasteiger charge is 2.23. The first-order chi connectivity index (χ1) is 15.5. The molecule has 2 heterocycles. The number of aryl methyl sites for hydroxylation is 1. The number of rotatable bonds is 8. The molecule has 1 aliphatic heterocycles. The van der Waals surface area contributed by atoms with E-state index in [1.165, 1.54) is 16.9 Å². The summed E-state index contributed by atoms with van der Waals surface area (Å²) in [5, 5.41) is 8.38. The lowest BCUT2D eigenvalue weighted by Gasteiger charge is -2.11. The minimum absolute atomic E-state index is 0.134. The number of carbonyl (C=O) groups is 2. The molecule has 1 aromatic heterocycles. The van der Waals surface area contributed by atoms with E-state index in [0.717, 1.165) is 23.6 Å². The van der Waals surface area contributed by atoms with Crippen LogP contribution in [-0.4, -0.2) is 29.5 Å². The predicted molar refractivity (Wildman–Crippen MR) is 124 cm³/mol. The van der Waals surface area contributed by atoms with E-state index in [1.54, 1.807) is 24.3 Å². The molecule has 1 aliphatic rings. The quantitative estimate of drug-likeness (QED) is 0.532. The molecular weight excluding hydrogens is 426 g/mol. The lowest BCUT2D eigenvalue weighted by atomic mass is 10.2. The Morgan fingerprint density at radius 2 is 1.81 bits per heavy atom. The molecule has 32 heavy (non-hydrogen) atoms. The summed E-state index contributed by atoms with van der Waals surface area (Å²) >= 11 is 1.47. The molecule has 7 nitrogen and oxygen atoms in total. The maximum atomic E-state index is 12.4. The van der Waals surface area contributed by atoms with Crippen molar-refractivity contribution in [3.63, 3.8) is 0 Å². The highest BCUT2D eigenvalue weighted by Crippen LogP contribution is 2.19. The molecule has 1 atom stereocenters. The number of benzene rings is 2. The maximum Gasteiger partial charge on any atom is 0.253 e. The Labute approximate surface area is 190 Å². The van der Waals surface area contributed by atoms with Gasteiger partial charge in [0, 0.05) is 23.4 Å². The fourth-order valence-corrected chi connectivity index (χ4v) is 3.99. The van der Waals surface area contributed by atoms with E-state index in [4.69, 9.17) is 9.47 Å². The highest BCUT2D eigenvalue weighted by atomic mass is 32.1. The third-order valence-electron chi connectivity index (χ3n) is 4.98. The van der Waals surface area contributed by atoms with Crippen molar-refractivity contribution >= 4 is 34.5 Å². The van der Waals surface area contributed by atoms with Gasteiger partial charge in [-0.2, -0.15) is 0 Å². The molecule has 4 rings (SSSR count). The lowest BCUT2D eigenvalue weighted by molar-refractivity contribution is -0.124. The molecule has 0 radical (unpaired) electrons. The first-order valence-corrected chi connectivity index (χ1v) is 11.4. The van der Waals surface area contributed by atoms with E-state index in [0.29, 0.717) is 30.3 Å². The van der Waals surface area contributed by atoms with Crippen LogP contribution in [0.1, 0.15) is 29.1 Å². The van der Waals surface area contributed by atoms with E-state index in [1.807, 2.05) is 36.6 Å². The summed E-state index contributed by atoms with van der Waals surface area (Å²) in [6, 6.07) is 14.9. The van der Waals surface area contributed by atoms with Gasteiger partial charge in [-0.3, -0.25) is 9.59 Å². The summed E-state index contributed by atoms with van der Waals surface area (Å²) in [6.45, 7) is 3.03. The summed E-state index contributed by atoms with van der Waals surface area (Å²) in [6.07, 6.45) is 1.46. The van der Waals surface area contributed by atoms with Gasteiger partial charge in [0.2, 0.25) is 5.91 Å². The minimum Gasteiger partial charge on any atom is -0.486 e. The summed E-state index contributed by atoms with van der Waals surface area (Å²) in [5.41, 5.74) is 3.21. The molecule has 8 heteroatoms. The van der Waals surface area contributed by atoms with Gasteiger partial charge in [-0.25, -0.2) is 4.98 Å². The normalized spacial score (nSPS) is 15.3. The van der Waals surface area contributed by atoms with Gasteiger partial charge < -0.3 is 20.1 Å². The molecule has 0 aliphatic carbocycles. The van der Waals surface area contributed by atoms with E-state index >= 15 is 0 Å². The number of carbonyl (C=O) groups excluding carboxylic acids is 2. The second-order valence-electron chi connectivity index (χ2n) is 7.63. The van der Waals surface area contributed by atoms with Crippen molar-refractivity contribution < 1.29 is 19.1 Å². The van der Waals surface area contributed by atoms with Crippen molar-refractivity contribution in [1.29, 1.82) is 0 Å². The molecule has 2 amide bonds. The van der Waals surface area contributed by atoms with Crippen LogP contribution in [-0.2, 0) is 27.4 Å². The number of nitrogens with one attached hydrogen (secondary N) is 2. The van der Waals surface area contributed by atoms with Crippen molar-refractivity contribution in [1.82, 2.24) is 4.98 Å². The van der Waals surface area contributed by atoms with Crippen LogP contribution in [0.5, 0.6) is 5.75 Å². The number of aromatic nitrogens is 1.